The first-order valence-electron chi connectivity index (χ1n) is 3.61. The molecule has 4 heteroatoms. The van der Waals surface area contributed by atoms with Gasteiger partial charge in [-0.3, -0.25) is 4.79 Å². The number of carbonyl (C=O) groups excluding carboxylic acids is 2. The molecule has 0 aromatic carbocycles. The summed E-state index contributed by atoms with van der Waals surface area (Å²) in [4.78, 5) is 21.1. The summed E-state index contributed by atoms with van der Waals surface area (Å²) < 4.78 is 4.70. The van der Waals surface area contributed by atoms with Crippen LogP contribution in [0.25, 0.3) is 0 Å². The van der Waals surface area contributed by atoms with Crippen LogP contribution in [0.1, 0.15) is 13.8 Å². The predicted molar refractivity (Wildman–Crippen MR) is 44.5 cm³/mol. The third-order valence-electron chi connectivity index (χ3n) is 1.06. The quantitative estimate of drug-likeness (QED) is 0.374. The highest BCUT2D eigenvalue weighted by atomic mass is 16.5. The summed E-state index contributed by atoms with van der Waals surface area (Å²) in [5, 5.41) is 2.49. The van der Waals surface area contributed by atoms with E-state index >= 15 is 0 Å². The van der Waals surface area contributed by atoms with Crippen LogP contribution < -0.4 is 5.32 Å². The van der Waals surface area contributed by atoms with Gasteiger partial charge in [-0.15, -0.1) is 0 Å². The molecule has 4 nitrogen and oxygen atoms in total. The van der Waals surface area contributed by atoms with E-state index in [-0.39, 0.29) is 12.5 Å². The number of rotatable bonds is 4. The predicted octanol–water partition coefficient (Wildman–Crippen LogP) is 0.242. The van der Waals surface area contributed by atoms with Crippen molar-refractivity contribution in [3.63, 3.8) is 0 Å². The van der Waals surface area contributed by atoms with Crippen molar-refractivity contribution in [1.82, 2.24) is 5.32 Å². The Morgan fingerprint density at radius 2 is 2.00 bits per heavy atom. The molecular weight excluding hydrogens is 158 g/mol. The van der Waals surface area contributed by atoms with E-state index in [0.717, 1.165) is 0 Å². The molecule has 0 rings (SSSR count). The zero-order valence-corrected chi connectivity index (χ0v) is 7.35. The lowest BCUT2D eigenvalue weighted by Crippen LogP contribution is -2.25. The molecule has 0 aromatic rings. The summed E-state index contributed by atoms with van der Waals surface area (Å²) >= 11 is 0. The van der Waals surface area contributed by atoms with E-state index in [4.69, 9.17) is 4.74 Å². The van der Waals surface area contributed by atoms with Crippen molar-refractivity contribution < 1.29 is 14.3 Å². The number of hydrogen-bond acceptors (Lipinski definition) is 3. The van der Waals surface area contributed by atoms with Gasteiger partial charge in [0.1, 0.15) is 6.61 Å². The first-order chi connectivity index (χ1) is 5.54. The van der Waals surface area contributed by atoms with E-state index in [1.165, 1.54) is 6.92 Å². The summed E-state index contributed by atoms with van der Waals surface area (Å²) in [7, 11) is 0. The summed E-state index contributed by atoms with van der Waals surface area (Å²) in [6, 6.07) is 0. The summed E-state index contributed by atoms with van der Waals surface area (Å²) in [5.74, 6) is -0.568. The minimum Gasteiger partial charge on any atom is -0.460 e. The molecular formula is C8H13NO3. The standard InChI is InChI=1S/C8H13NO3/c1-6(2)8(11)12-5-4-9-7(3)10/h1,4-5H2,2-3H3,(H,9,10). The maximum atomic E-state index is 10.8. The minimum atomic E-state index is -0.430. The van der Waals surface area contributed by atoms with Crippen LogP contribution in [0.4, 0.5) is 0 Å². The smallest absolute Gasteiger partial charge is 0.333 e. The van der Waals surface area contributed by atoms with Crippen LogP contribution >= 0.6 is 0 Å². The highest BCUT2D eigenvalue weighted by Gasteiger charge is 2.01. The van der Waals surface area contributed by atoms with Gasteiger partial charge in [0.25, 0.3) is 0 Å². The maximum absolute atomic E-state index is 10.8. The molecule has 1 N–H and O–H groups in total. The largest absolute Gasteiger partial charge is 0.460 e. The van der Waals surface area contributed by atoms with Crippen molar-refractivity contribution in [3.05, 3.63) is 12.2 Å². The summed E-state index contributed by atoms with van der Waals surface area (Å²) in [6.07, 6.45) is 0. The van der Waals surface area contributed by atoms with Gasteiger partial charge >= 0.3 is 5.97 Å². The average Bonchev–Trinajstić information content (AvgIpc) is 1.97. The van der Waals surface area contributed by atoms with E-state index in [1.807, 2.05) is 0 Å². The highest BCUT2D eigenvalue weighted by molar-refractivity contribution is 5.86. The molecule has 0 aromatic heterocycles. The number of hydrogen-bond donors (Lipinski definition) is 1. The first-order valence-corrected chi connectivity index (χ1v) is 3.61. The Kier molecular flexibility index (Phi) is 4.76. The number of carbonyl (C=O) groups is 2. The Balaban J connectivity index is 3.38. The molecule has 0 saturated heterocycles. The van der Waals surface area contributed by atoms with Crippen LogP contribution in [-0.2, 0) is 14.3 Å². The van der Waals surface area contributed by atoms with Crippen molar-refractivity contribution in [1.29, 1.82) is 0 Å². The Morgan fingerprint density at radius 3 is 2.42 bits per heavy atom. The molecule has 0 unspecified atom stereocenters. The molecule has 0 atom stereocenters. The summed E-state index contributed by atoms with van der Waals surface area (Å²) in [6.45, 7) is 6.91. The Bertz CT molecular complexity index is 198. The number of amides is 1. The second-order valence-corrected chi connectivity index (χ2v) is 2.40. The van der Waals surface area contributed by atoms with E-state index in [9.17, 15) is 9.59 Å². The molecule has 0 radical (unpaired) electrons. The maximum Gasteiger partial charge on any atom is 0.333 e. The molecule has 1 amide bonds. The summed E-state index contributed by atoms with van der Waals surface area (Å²) in [5.41, 5.74) is 0.359. The number of ether oxygens (including phenoxy) is 1. The van der Waals surface area contributed by atoms with Crippen molar-refractivity contribution in [2.45, 2.75) is 13.8 Å². The van der Waals surface area contributed by atoms with Crippen molar-refractivity contribution >= 4 is 11.9 Å². The van der Waals surface area contributed by atoms with Crippen molar-refractivity contribution in [2.75, 3.05) is 13.2 Å². The Hall–Kier alpha value is -1.32. The topological polar surface area (TPSA) is 55.4 Å². The van der Waals surface area contributed by atoms with Crippen molar-refractivity contribution in [2.24, 2.45) is 0 Å². The molecule has 0 aliphatic carbocycles. The highest BCUT2D eigenvalue weighted by Crippen LogP contribution is 1.90. The lowest BCUT2D eigenvalue weighted by Gasteiger charge is -2.03. The third kappa shape index (κ3) is 5.46. The third-order valence-corrected chi connectivity index (χ3v) is 1.06. The van der Waals surface area contributed by atoms with E-state index in [1.54, 1.807) is 6.92 Å². The van der Waals surface area contributed by atoms with Gasteiger partial charge in [-0.05, 0) is 6.92 Å². The van der Waals surface area contributed by atoms with E-state index in [0.29, 0.717) is 12.1 Å². The van der Waals surface area contributed by atoms with Crippen LogP contribution in [0, 0.1) is 0 Å². The van der Waals surface area contributed by atoms with Crippen LogP contribution in [0.5, 0.6) is 0 Å². The average molecular weight is 171 g/mol. The molecule has 0 saturated carbocycles. The van der Waals surface area contributed by atoms with Crippen LogP contribution in [0.15, 0.2) is 12.2 Å². The fourth-order valence-corrected chi connectivity index (χ4v) is 0.494. The molecule has 68 valence electrons. The minimum absolute atomic E-state index is 0.138. The van der Waals surface area contributed by atoms with Crippen molar-refractivity contribution in [3.8, 4) is 0 Å². The van der Waals surface area contributed by atoms with Gasteiger partial charge in [0.05, 0.1) is 6.54 Å². The molecule has 0 aliphatic rings. The van der Waals surface area contributed by atoms with Gasteiger partial charge in [-0.25, -0.2) is 4.79 Å². The van der Waals surface area contributed by atoms with Gasteiger partial charge in [0.2, 0.25) is 5.91 Å². The molecule has 0 bridgehead atoms. The number of esters is 1. The Morgan fingerprint density at radius 1 is 1.42 bits per heavy atom. The molecule has 0 heterocycles. The van der Waals surface area contributed by atoms with Gasteiger partial charge in [-0.2, -0.15) is 0 Å². The zero-order chi connectivity index (χ0) is 9.56. The van der Waals surface area contributed by atoms with E-state index < -0.39 is 5.97 Å². The fraction of sp³-hybridized carbons (Fsp3) is 0.500. The molecule has 0 spiro atoms. The zero-order valence-electron chi connectivity index (χ0n) is 7.35. The normalized spacial score (nSPS) is 8.83. The Labute approximate surface area is 71.6 Å². The monoisotopic (exact) mass is 171 g/mol. The van der Waals surface area contributed by atoms with Gasteiger partial charge in [0.15, 0.2) is 0 Å². The first kappa shape index (κ1) is 10.7. The lowest BCUT2D eigenvalue weighted by atomic mass is 10.4. The molecule has 0 aliphatic heterocycles. The number of nitrogens with one attached hydrogen (secondary N) is 1. The second-order valence-electron chi connectivity index (χ2n) is 2.40. The van der Waals surface area contributed by atoms with Crippen LogP contribution in [0.2, 0.25) is 0 Å². The lowest BCUT2D eigenvalue weighted by molar-refractivity contribution is -0.139. The van der Waals surface area contributed by atoms with Crippen LogP contribution in [0.3, 0.4) is 0 Å². The second kappa shape index (κ2) is 5.35. The fourth-order valence-electron chi connectivity index (χ4n) is 0.494. The van der Waals surface area contributed by atoms with E-state index in [2.05, 4.69) is 11.9 Å². The van der Waals surface area contributed by atoms with Gasteiger partial charge in [-0.1, -0.05) is 6.58 Å². The van der Waals surface area contributed by atoms with Gasteiger partial charge in [0, 0.05) is 12.5 Å². The van der Waals surface area contributed by atoms with Gasteiger partial charge < -0.3 is 10.1 Å². The molecule has 0 fully saturated rings. The molecule has 12 heavy (non-hydrogen) atoms. The SMILES string of the molecule is C=C(C)C(=O)OCCNC(C)=O. The van der Waals surface area contributed by atoms with Crippen LogP contribution in [-0.4, -0.2) is 25.0 Å².